The highest BCUT2D eigenvalue weighted by Gasteiger charge is 2.30. The number of nitrogens with zero attached hydrogens (tertiary/aromatic N) is 6. The first-order chi connectivity index (χ1) is 15.3. The van der Waals surface area contributed by atoms with Gasteiger partial charge in [-0.15, -0.1) is 0 Å². The molecule has 1 N–H and O–H groups in total. The highest BCUT2D eigenvalue weighted by atomic mass is 19.4. The van der Waals surface area contributed by atoms with E-state index < -0.39 is 17.4 Å². The van der Waals surface area contributed by atoms with E-state index in [1.165, 1.54) is 29.2 Å². The molecule has 0 radical (unpaired) electrons. The van der Waals surface area contributed by atoms with Gasteiger partial charge in [0.15, 0.2) is 5.65 Å². The van der Waals surface area contributed by atoms with Gasteiger partial charge >= 0.3 is 11.9 Å². The normalized spacial score (nSPS) is 11.8. The van der Waals surface area contributed by atoms with Crippen molar-refractivity contribution in [3.63, 3.8) is 0 Å². The molecule has 8 nitrogen and oxygen atoms in total. The molecule has 0 unspecified atom stereocenters. The Kier molecular flexibility index (Phi) is 4.30. The topological polar surface area (TPSA) is 105 Å². The molecule has 3 aromatic heterocycles. The Labute approximate surface area is 177 Å². The fourth-order valence-corrected chi connectivity index (χ4v) is 3.42. The number of H-pyrrole nitrogens is 1. The summed E-state index contributed by atoms with van der Waals surface area (Å²) in [4.78, 5) is 28.1. The van der Waals surface area contributed by atoms with Crippen molar-refractivity contribution >= 4 is 22.2 Å². The second kappa shape index (κ2) is 7.05. The lowest BCUT2D eigenvalue weighted by Crippen LogP contribution is -2.18. The number of hydrogen-bond donors (Lipinski definition) is 1. The number of nitriles is 1. The molecule has 0 aliphatic carbocycles. The molecule has 0 spiro atoms. The third-order valence-corrected chi connectivity index (χ3v) is 5.01. The number of aromatic nitrogens is 6. The Morgan fingerprint density at radius 2 is 1.88 bits per heavy atom. The van der Waals surface area contributed by atoms with E-state index in [1.807, 2.05) is 0 Å². The number of aromatic amines is 1. The molecule has 0 bridgehead atoms. The average Bonchev–Trinajstić information content (AvgIpc) is 3.33. The van der Waals surface area contributed by atoms with Gasteiger partial charge in [0, 0.05) is 0 Å². The van der Waals surface area contributed by atoms with Crippen LogP contribution >= 0.6 is 0 Å². The second-order valence-electron chi connectivity index (χ2n) is 7.05. The van der Waals surface area contributed by atoms with E-state index in [9.17, 15) is 18.0 Å². The monoisotopic (exact) mass is 435 g/mol. The highest BCUT2D eigenvalue weighted by Crippen LogP contribution is 2.29. The standard InChI is InChI=1S/C21H12F3N7O/c22-21(23,24)14-4-1-12(2-5-14)10-30-18-16(28-20(30)32)9-26-19(29-18)31-11-27-15-6-3-13(8-25)7-17(15)31/h1-7,9,11H,10H2,(H,28,32). The molecule has 11 heteroatoms. The van der Waals surface area contributed by atoms with Crippen LogP contribution in [0.25, 0.3) is 28.1 Å². The smallest absolute Gasteiger partial charge is 0.303 e. The van der Waals surface area contributed by atoms with Crippen LogP contribution in [-0.4, -0.2) is 29.1 Å². The van der Waals surface area contributed by atoms with Gasteiger partial charge in [0.25, 0.3) is 0 Å². The lowest BCUT2D eigenvalue weighted by atomic mass is 10.1. The quantitative estimate of drug-likeness (QED) is 0.468. The number of halogens is 3. The van der Waals surface area contributed by atoms with E-state index in [0.717, 1.165) is 12.1 Å². The van der Waals surface area contributed by atoms with Crippen molar-refractivity contribution in [3.8, 4) is 12.0 Å². The molecule has 32 heavy (non-hydrogen) atoms. The van der Waals surface area contributed by atoms with Crippen LogP contribution in [0.1, 0.15) is 16.7 Å². The maximum atomic E-state index is 12.8. The SMILES string of the molecule is N#Cc1ccc2ncn(-c3ncc4[nH]c(=O)n(Cc5ccc(C(F)(F)F)cc5)c4n3)c2c1. The minimum Gasteiger partial charge on any atom is -0.303 e. The molecule has 5 rings (SSSR count). The zero-order valence-corrected chi connectivity index (χ0v) is 16.1. The van der Waals surface area contributed by atoms with Crippen LogP contribution in [0.5, 0.6) is 0 Å². The number of imidazole rings is 2. The number of nitrogens with one attached hydrogen (secondary N) is 1. The minimum atomic E-state index is -4.43. The molecular weight excluding hydrogens is 423 g/mol. The molecule has 0 aliphatic rings. The molecule has 0 aliphatic heterocycles. The largest absolute Gasteiger partial charge is 0.416 e. The van der Waals surface area contributed by atoms with E-state index in [-0.39, 0.29) is 18.1 Å². The zero-order chi connectivity index (χ0) is 22.5. The summed E-state index contributed by atoms with van der Waals surface area (Å²) in [6.45, 7) is 0.0245. The van der Waals surface area contributed by atoms with Gasteiger partial charge in [-0.2, -0.15) is 23.4 Å². The van der Waals surface area contributed by atoms with Gasteiger partial charge in [-0.1, -0.05) is 12.1 Å². The summed E-state index contributed by atoms with van der Waals surface area (Å²) in [5.41, 5.74) is 1.66. The first kappa shape index (κ1) is 19.5. The van der Waals surface area contributed by atoms with Gasteiger partial charge < -0.3 is 4.98 Å². The van der Waals surface area contributed by atoms with Gasteiger partial charge in [0.1, 0.15) is 11.8 Å². The summed E-state index contributed by atoms with van der Waals surface area (Å²) < 4.78 is 41.3. The van der Waals surface area contributed by atoms with Crippen molar-refractivity contribution < 1.29 is 13.2 Å². The zero-order valence-electron chi connectivity index (χ0n) is 16.1. The van der Waals surface area contributed by atoms with Crippen molar-refractivity contribution in [3.05, 3.63) is 82.2 Å². The summed E-state index contributed by atoms with van der Waals surface area (Å²) in [5.74, 6) is 0.232. The van der Waals surface area contributed by atoms with Crippen LogP contribution in [0.2, 0.25) is 0 Å². The minimum absolute atomic E-state index is 0.0245. The van der Waals surface area contributed by atoms with E-state index in [0.29, 0.717) is 27.7 Å². The van der Waals surface area contributed by atoms with Crippen LogP contribution < -0.4 is 5.69 Å². The Bertz CT molecular complexity index is 1570. The molecule has 0 saturated heterocycles. The van der Waals surface area contributed by atoms with E-state index in [2.05, 4.69) is 26.0 Å². The summed E-state index contributed by atoms with van der Waals surface area (Å²) in [5, 5.41) is 9.16. The number of benzene rings is 2. The maximum absolute atomic E-state index is 12.8. The van der Waals surface area contributed by atoms with Crippen molar-refractivity contribution in [1.82, 2.24) is 29.1 Å². The van der Waals surface area contributed by atoms with Crippen molar-refractivity contribution in [1.29, 1.82) is 5.26 Å². The van der Waals surface area contributed by atoms with Crippen molar-refractivity contribution in [2.45, 2.75) is 12.7 Å². The van der Waals surface area contributed by atoms with Gasteiger partial charge in [0.05, 0.1) is 41.0 Å². The highest BCUT2D eigenvalue weighted by molar-refractivity contribution is 5.79. The van der Waals surface area contributed by atoms with Gasteiger partial charge in [-0.25, -0.2) is 14.8 Å². The fourth-order valence-electron chi connectivity index (χ4n) is 3.42. The first-order valence-electron chi connectivity index (χ1n) is 9.33. The molecule has 0 amide bonds. The Balaban J connectivity index is 1.58. The first-order valence-corrected chi connectivity index (χ1v) is 9.33. The van der Waals surface area contributed by atoms with Gasteiger partial charge in [-0.3, -0.25) is 9.13 Å². The van der Waals surface area contributed by atoms with Gasteiger partial charge in [-0.05, 0) is 35.9 Å². The molecule has 0 atom stereocenters. The lowest BCUT2D eigenvalue weighted by molar-refractivity contribution is -0.137. The molecule has 0 fully saturated rings. The Morgan fingerprint density at radius 1 is 1.09 bits per heavy atom. The summed E-state index contributed by atoms with van der Waals surface area (Å²) in [6, 6.07) is 11.7. The summed E-state index contributed by atoms with van der Waals surface area (Å²) in [7, 11) is 0. The third kappa shape index (κ3) is 3.27. The van der Waals surface area contributed by atoms with E-state index in [1.54, 1.807) is 22.8 Å². The van der Waals surface area contributed by atoms with E-state index in [4.69, 9.17) is 5.26 Å². The molecule has 5 aromatic rings. The van der Waals surface area contributed by atoms with Crippen molar-refractivity contribution in [2.75, 3.05) is 0 Å². The predicted molar refractivity (Wildman–Crippen MR) is 108 cm³/mol. The fraction of sp³-hybridized carbons (Fsp3) is 0.0952. The van der Waals surface area contributed by atoms with Crippen LogP contribution in [0.3, 0.4) is 0 Å². The molecule has 0 saturated carbocycles. The number of fused-ring (bicyclic) bond motifs is 2. The molecular formula is C21H12F3N7O. The predicted octanol–water partition coefficient (Wildman–Crippen LogP) is 3.40. The molecule has 2 aromatic carbocycles. The summed E-state index contributed by atoms with van der Waals surface area (Å²) in [6.07, 6.45) is -1.47. The van der Waals surface area contributed by atoms with Crippen LogP contribution in [0, 0.1) is 11.3 Å². The third-order valence-electron chi connectivity index (χ3n) is 5.01. The van der Waals surface area contributed by atoms with Crippen LogP contribution in [-0.2, 0) is 12.7 Å². The Morgan fingerprint density at radius 3 is 2.59 bits per heavy atom. The molecule has 158 valence electrons. The number of rotatable bonds is 3. The van der Waals surface area contributed by atoms with E-state index >= 15 is 0 Å². The second-order valence-corrected chi connectivity index (χ2v) is 7.05. The van der Waals surface area contributed by atoms with Gasteiger partial charge in [0.2, 0.25) is 5.95 Å². The summed E-state index contributed by atoms with van der Waals surface area (Å²) >= 11 is 0. The Hall–Kier alpha value is -4.46. The lowest BCUT2D eigenvalue weighted by Gasteiger charge is -2.08. The maximum Gasteiger partial charge on any atom is 0.416 e. The average molecular weight is 435 g/mol. The van der Waals surface area contributed by atoms with Crippen LogP contribution in [0.15, 0.2) is 59.8 Å². The van der Waals surface area contributed by atoms with Crippen molar-refractivity contribution in [2.24, 2.45) is 0 Å². The molecule has 3 heterocycles. The van der Waals surface area contributed by atoms with Crippen LogP contribution in [0.4, 0.5) is 13.2 Å². The number of hydrogen-bond acceptors (Lipinski definition) is 5. The number of alkyl halides is 3.